The van der Waals surface area contributed by atoms with Gasteiger partial charge in [-0.25, -0.2) is 4.98 Å². The molecular weight excluding hydrogens is 391 g/mol. The summed E-state index contributed by atoms with van der Waals surface area (Å²) in [5.41, 5.74) is 0. The monoisotopic (exact) mass is 400 g/mol. The summed E-state index contributed by atoms with van der Waals surface area (Å²) in [6.45, 7) is 1.72. The summed E-state index contributed by atoms with van der Waals surface area (Å²) in [5, 5.41) is 13.0. The van der Waals surface area contributed by atoms with Crippen molar-refractivity contribution in [2.75, 3.05) is 5.32 Å². The molecule has 3 rings (SSSR count). The highest BCUT2D eigenvalue weighted by molar-refractivity contribution is 8.00. The maximum Gasteiger partial charge on any atom is 0.277 e. The molecule has 24 heavy (non-hydrogen) atoms. The first-order valence-corrected chi connectivity index (χ1v) is 9.20. The van der Waals surface area contributed by atoms with Crippen LogP contribution >= 0.6 is 46.3 Å². The van der Waals surface area contributed by atoms with Crippen molar-refractivity contribution < 1.29 is 9.21 Å². The molecule has 124 valence electrons. The van der Waals surface area contributed by atoms with E-state index in [0.717, 1.165) is 16.6 Å². The van der Waals surface area contributed by atoms with Crippen molar-refractivity contribution in [1.29, 1.82) is 0 Å². The molecule has 0 spiro atoms. The predicted molar refractivity (Wildman–Crippen MR) is 95.8 cm³/mol. The zero-order valence-corrected chi connectivity index (χ0v) is 15.3. The van der Waals surface area contributed by atoms with E-state index in [0.29, 0.717) is 16.1 Å². The van der Waals surface area contributed by atoms with Crippen LogP contribution in [0.25, 0.3) is 10.8 Å². The van der Waals surface area contributed by atoms with E-state index < -0.39 is 5.25 Å². The fourth-order valence-electron chi connectivity index (χ4n) is 1.69. The average Bonchev–Trinajstić information content (AvgIpc) is 3.20. The lowest BCUT2D eigenvalue weighted by molar-refractivity contribution is -0.115. The third-order valence-corrected chi connectivity index (χ3v) is 5.12. The van der Waals surface area contributed by atoms with Gasteiger partial charge in [-0.1, -0.05) is 41.0 Å². The summed E-state index contributed by atoms with van der Waals surface area (Å²) in [7, 11) is 0. The molecule has 0 aromatic carbocycles. The van der Waals surface area contributed by atoms with Crippen molar-refractivity contribution in [2.45, 2.75) is 17.4 Å². The molecule has 1 amide bonds. The third-order valence-electron chi connectivity index (χ3n) is 2.83. The second-order valence-electron chi connectivity index (χ2n) is 4.58. The molecule has 1 N–H and O–H groups in total. The van der Waals surface area contributed by atoms with Crippen LogP contribution in [0.5, 0.6) is 0 Å². The van der Waals surface area contributed by atoms with Crippen LogP contribution in [0.3, 0.4) is 0 Å². The van der Waals surface area contributed by atoms with Gasteiger partial charge in [0, 0.05) is 6.20 Å². The smallest absolute Gasteiger partial charge is 0.277 e. The Balaban J connectivity index is 1.64. The molecule has 0 aliphatic heterocycles. The number of pyridine rings is 1. The highest BCUT2D eigenvalue weighted by atomic mass is 35.5. The lowest BCUT2D eigenvalue weighted by Gasteiger charge is -2.10. The minimum absolute atomic E-state index is 0.253. The SMILES string of the molecule is C[C@H](Sc1nnc(-c2cccs2)o1)C(=O)Nc1ncc(Cl)cc1Cl. The summed E-state index contributed by atoms with van der Waals surface area (Å²) in [5.74, 6) is 0.401. The zero-order valence-electron chi connectivity index (χ0n) is 12.2. The molecule has 10 heteroatoms. The number of halogens is 2. The van der Waals surface area contributed by atoms with Crippen LogP contribution in [0.1, 0.15) is 6.92 Å². The van der Waals surface area contributed by atoms with Crippen molar-refractivity contribution in [1.82, 2.24) is 15.2 Å². The van der Waals surface area contributed by atoms with Crippen molar-refractivity contribution in [3.05, 3.63) is 39.8 Å². The number of amides is 1. The number of carbonyl (C=O) groups excluding carboxylic acids is 1. The molecule has 0 unspecified atom stereocenters. The Bertz CT molecular complexity index is 854. The van der Waals surface area contributed by atoms with Gasteiger partial charge in [0.1, 0.15) is 0 Å². The van der Waals surface area contributed by atoms with Crippen LogP contribution in [0.2, 0.25) is 10.0 Å². The van der Waals surface area contributed by atoms with Crippen LogP contribution in [-0.2, 0) is 4.79 Å². The van der Waals surface area contributed by atoms with Gasteiger partial charge in [0.25, 0.3) is 11.1 Å². The molecule has 0 radical (unpaired) electrons. The van der Waals surface area contributed by atoms with Gasteiger partial charge in [0.15, 0.2) is 5.82 Å². The number of aromatic nitrogens is 3. The van der Waals surface area contributed by atoms with Crippen LogP contribution < -0.4 is 5.32 Å². The van der Waals surface area contributed by atoms with E-state index in [4.69, 9.17) is 27.6 Å². The maximum absolute atomic E-state index is 12.2. The number of hydrogen-bond donors (Lipinski definition) is 1. The van der Waals surface area contributed by atoms with Gasteiger partial charge in [-0.2, -0.15) is 0 Å². The average molecular weight is 401 g/mol. The summed E-state index contributed by atoms with van der Waals surface area (Å²) < 4.78 is 5.55. The summed E-state index contributed by atoms with van der Waals surface area (Å²) in [4.78, 5) is 17.1. The fraction of sp³-hybridized carbons (Fsp3) is 0.143. The van der Waals surface area contributed by atoms with Gasteiger partial charge in [0.2, 0.25) is 5.91 Å². The highest BCUT2D eigenvalue weighted by Crippen LogP contribution is 2.29. The van der Waals surface area contributed by atoms with Gasteiger partial charge in [-0.3, -0.25) is 4.79 Å². The fourth-order valence-corrected chi connectivity index (χ4v) is 3.44. The molecule has 0 aliphatic carbocycles. The molecule has 0 aliphatic rings. The van der Waals surface area contributed by atoms with Gasteiger partial charge in [0.05, 0.1) is 20.2 Å². The lowest BCUT2D eigenvalue weighted by Crippen LogP contribution is -2.23. The van der Waals surface area contributed by atoms with Gasteiger partial charge >= 0.3 is 0 Å². The Morgan fingerprint density at radius 3 is 2.96 bits per heavy atom. The zero-order chi connectivity index (χ0) is 17.1. The predicted octanol–water partition coefficient (Wildman–Crippen LogP) is 4.62. The molecular formula is C14H10Cl2N4O2S2. The maximum atomic E-state index is 12.2. The normalized spacial score (nSPS) is 12.1. The summed E-state index contributed by atoms with van der Waals surface area (Å²) in [6.07, 6.45) is 1.41. The number of rotatable bonds is 5. The van der Waals surface area contributed by atoms with Gasteiger partial charge in [-0.15, -0.1) is 21.5 Å². The molecule has 3 aromatic rings. The minimum atomic E-state index is -0.477. The van der Waals surface area contributed by atoms with E-state index in [-0.39, 0.29) is 16.7 Å². The summed E-state index contributed by atoms with van der Waals surface area (Å²) in [6, 6.07) is 5.29. The number of anilines is 1. The molecule has 0 bridgehead atoms. The first-order chi connectivity index (χ1) is 11.5. The molecule has 6 nitrogen and oxygen atoms in total. The van der Waals surface area contributed by atoms with E-state index in [1.165, 1.54) is 23.6 Å². The number of nitrogens with zero attached hydrogens (tertiary/aromatic N) is 3. The number of nitrogens with one attached hydrogen (secondary N) is 1. The Hall–Kier alpha value is -1.61. The van der Waals surface area contributed by atoms with E-state index in [1.807, 2.05) is 17.5 Å². The van der Waals surface area contributed by atoms with E-state index in [9.17, 15) is 4.79 Å². The van der Waals surface area contributed by atoms with Crippen LogP contribution in [0.15, 0.2) is 39.4 Å². The number of hydrogen-bond acceptors (Lipinski definition) is 7. The Labute approximate surface area is 155 Å². The lowest BCUT2D eigenvalue weighted by atomic mass is 10.4. The molecule has 3 aromatic heterocycles. The van der Waals surface area contributed by atoms with E-state index in [1.54, 1.807) is 6.92 Å². The van der Waals surface area contributed by atoms with Gasteiger partial charge < -0.3 is 9.73 Å². The van der Waals surface area contributed by atoms with Crippen LogP contribution in [-0.4, -0.2) is 26.3 Å². The van der Waals surface area contributed by atoms with E-state index in [2.05, 4.69) is 20.5 Å². The molecule has 0 saturated heterocycles. The number of carbonyl (C=O) groups is 1. The molecule has 1 atom stereocenters. The molecule has 0 fully saturated rings. The first-order valence-electron chi connectivity index (χ1n) is 6.69. The highest BCUT2D eigenvalue weighted by Gasteiger charge is 2.20. The number of thiophene rings is 1. The van der Waals surface area contributed by atoms with Crippen LogP contribution in [0.4, 0.5) is 5.82 Å². The Kier molecular flexibility index (Phi) is 5.40. The quantitative estimate of drug-likeness (QED) is 0.629. The minimum Gasteiger partial charge on any atom is -0.410 e. The standard InChI is InChI=1S/C14H10Cl2N4O2S2/c1-7(12(21)18-11-9(16)5-8(15)6-17-11)24-14-20-19-13(22-14)10-3-2-4-23-10/h2-7H,1H3,(H,17,18,21)/t7-/m0/s1. The molecule has 0 saturated carbocycles. The Morgan fingerprint density at radius 1 is 1.42 bits per heavy atom. The van der Waals surface area contributed by atoms with Crippen LogP contribution in [0, 0.1) is 0 Å². The van der Waals surface area contributed by atoms with Crippen molar-refractivity contribution in [3.63, 3.8) is 0 Å². The largest absolute Gasteiger partial charge is 0.410 e. The Morgan fingerprint density at radius 2 is 2.25 bits per heavy atom. The number of thioether (sulfide) groups is 1. The van der Waals surface area contributed by atoms with E-state index >= 15 is 0 Å². The van der Waals surface area contributed by atoms with Gasteiger partial charge in [-0.05, 0) is 24.4 Å². The van der Waals surface area contributed by atoms with Crippen molar-refractivity contribution in [2.24, 2.45) is 0 Å². The summed E-state index contributed by atoms with van der Waals surface area (Å²) >= 11 is 14.4. The second kappa shape index (κ2) is 7.52. The van der Waals surface area contributed by atoms with Crippen molar-refractivity contribution in [3.8, 4) is 10.8 Å². The third kappa shape index (κ3) is 4.07. The van der Waals surface area contributed by atoms with Crippen molar-refractivity contribution >= 4 is 58.0 Å². The molecule has 3 heterocycles. The topological polar surface area (TPSA) is 80.9 Å². The second-order valence-corrected chi connectivity index (χ2v) is 7.67. The first kappa shape index (κ1) is 17.2.